The fraction of sp³-hybridized carbons (Fsp3) is 0. The molecule has 0 aliphatic heterocycles. The molecule has 64 valence electrons. The summed E-state index contributed by atoms with van der Waals surface area (Å²) in [5.74, 6) is 0.167. The van der Waals surface area contributed by atoms with Gasteiger partial charge in [0.25, 0.3) is 0 Å². The third-order valence-electron chi connectivity index (χ3n) is 0.968. The van der Waals surface area contributed by atoms with Crippen LogP contribution < -0.4 is 4.52 Å². The molecule has 0 amide bonds. The molecule has 0 saturated heterocycles. The maximum Gasteiger partial charge on any atom is 0.524 e. The predicted octanol–water partition coefficient (Wildman–Crippen LogP) is 1.16. The predicted molar refractivity (Wildman–Crippen MR) is 39.1 cm³/mol. The Bertz CT molecular complexity index is 270. The molecule has 0 aliphatic rings. The summed E-state index contributed by atoms with van der Waals surface area (Å²) in [5.41, 5.74) is 0. The number of phosphoric ester groups is 1. The summed E-state index contributed by atoms with van der Waals surface area (Å²) in [4.78, 5) is 16.7. The van der Waals surface area contributed by atoms with Crippen LogP contribution in [-0.4, -0.2) is 9.79 Å². The second-order valence-corrected chi connectivity index (χ2v) is 3.06. The molecule has 2 N–H and O–H groups in total. The molecule has 0 spiro atoms. The maximum absolute atomic E-state index is 10.3. The van der Waals surface area contributed by atoms with Crippen LogP contribution in [0.5, 0.6) is 5.75 Å². The van der Waals surface area contributed by atoms with Crippen molar-refractivity contribution >= 4 is 7.82 Å². The van der Waals surface area contributed by atoms with Crippen molar-refractivity contribution in [2.24, 2.45) is 0 Å². The topological polar surface area (TPSA) is 66.8 Å². The van der Waals surface area contributed by atoms with Gasteiger partial charge in [0.1, 0.15) is 5.75 Å². The standard InChI is InChI=1S/C6H7O4P.Ti/c7-11(8,9)10-6-4-2-1-3-5-6;/h1-5H,(H2,7,8,9);. The van der Waals surface area contributed by atoms with Gasteiger partial charge >= 0.3 is 7.82 Å². The van der Waals surface area contributed by atoms with Crippen molar-refractivity contribution in [1.82, 2.24) is 0 Å². The minimum absolute atomic E-state index is 0. The molecular weight excluding hydrogens is 215 g/mol. The number of benzene rings is 1. The van der Waals surface area contributed by atoms with Gasteiger partial charge in [-0.05, 0) is 12.1 Å². The van der Waals surface area contributed by atoms with E-state index in [1.807, 2.05) is 0 Å². The van der Waals surface area contributed by atoms with Gasteiger partial charge in [0.05, 0.1) is 0 Å². The Morgan fingerprint density at radius 2 is 1.67 bits per heavy atom. The van der Waals surface area contributed by atoms with Crippen molar-refractivity contribution in [2.45, 2.75) is 0 Å². The third kappa shape index (κ3) is 4.70. The van der Waals surface area contributed by atoms with Gasteiger partial charge in [0.2, 0.25) is 0 Å². The van der Waals surface area contributed by atoms with E-state index in [2.05, 4.69) is 4.52 Å². The summed E-state index contributed by atoms with van der Waals surface area (Å²) in [5, 5.41) is 0. The Kier molecular flexibility index (Phi) is 4.75. The zero-order chi connectivity index (χ0) is 8.32. The van der Waals surface area contributed by atoms with Crippen LogP contribution in [0.15, 0.2) is 30.3 Å². The van der Waals surface area contributed by atoms with E-state index in [0.29, 0.717) is 0 Å². The van der Waals surface area contributed by atoms with Gasteiger partial charge in [-0.2, -0.15) is 0 Å². The minimum Gasteiger partial charge on any atom is -0.404 e. The molecule has 1 aromatic carbocycles. The van der Waals surface area contributed by atoms with Crippen molar-refractivity contribution in [3.05, 3.63) is 30.3 Å². The summed E-state index contributed by atoms with van der Waals surface area (Å²) >= 11 is 0. The number of para-hydroxylation sites is 1. The minimum atomic E-state index is -4.39. The largest absolute Gasteiger partial charge is 0.524 e. The fourth-order valence-corrected chi connectivity index (χ4v) is 1.02. The first kappa shape index (κ1) is 11.9. The van der Waals surface area contributed by atoms with Gasteiger partial charge in [-0.15, -0.1) is 0 Å². The third-order valence-corrected chi connectivity index (χ3v) is 1.42. The number of hydrogen-bond donors (Lipinski definition) is 2. The van der Waals surface area contributed by atoms with Crippen LogP contribution in [0.3, 0.4) is 0 Å². The van der Waals surface area contributed by atoms with Crippen LogP contribution in [0.1, 0.15) is 0 Å². The van der Waals surface area contributed by atoms with Crippen LogP contribution in [0.2, 0.25) is 0 Å². The molecule has 0 fully saturated rings. The summed E-state index contributed by atoms with van der Waals surface area (Å²) in [6.07, 6.45) is 0. The molecule has 4 nitrogen and oxygen atoms in total. The Morgan fingerprint density at radius 1 is 1.17 bits per heavy atom. The summed E-state index contributed by atoms with van der Waals surface area (Å²) in [6.45, 7) is 0. The SMILES string of the molecule is O=P(O)(O)Oc1ccccc1.[Ti]. The van der Waals surface area contributed by atoms with Gasteiger partial charge in [0, 0.05) is 21.7 Å². The van der Waals surface area contributed by atoms with Crippen molar-refractivity contribution in [3.63, 3.8) is 0 Å². The van der Waals surface area contributed by atoms with Crippen LogP contribution in [0.4, 0.5) is 0 Å². The van der Waals surface area contributed by atoms with E-state index in [1.165, 1.54) is 12.1 Å². The van der Waals surface area contributed by atoms with Crippen LogP contribution >= 0.6 is 7.82 Å². The smallest absolute Gasteiger partial charge is 0.404 e. The van der Waals surface area contributed by atoms with Crippen molar-refractivity contribution in [3.8, 4) is 5.75 Å². The summed E-state index contributed by atoms with van der Waals surface area (Å²) in [7, 11) is -4.39. The van der Waals surface area contributed by atoms with Gasteiger partial charge in [-0.25, -0.2) is 4.57 Å². The maximum atomic E-state index is 10.3. The Labute approximate surface area is 84.7 Å². The van der Waals surface area contributed by atoms with Gasteiger partial charge in [-0.3, -0.25) is 9.79 Å². The van der Waals surface area contributed by atoms with E-state index in [9.17, 15) is 4.57 Å². The summed E-state index contributed by atoms with van der Waals surface area (Å²) in [6, 6.07) is 7.93. The molecule has 1 rings (SSSR count). The van der Waals surface area contributed by atoms with Gasteiger partial charge < -0.3 is 4.52 Å². The van der Waals surface area contributed by atoms with E-state index in [0.717, 1.165) is 0 Å². The first-order chi connectivity index (χ1) is 5.08. The van der Waals surface area contributed by atoms with Crippen LogP contribution in [0.25, 0.3) is 0 Å². The van der Waals surface area contributed by atoms with Gasteiger partial charge in [0.15, 0.2) is 0 Å². The molecular formula is C6H7O4PTi. The zero-order valence-corrected chi connectivity index (χ0v) is 8.50. The molecule has 0 unspecified atom stereocenters. The molecule has 0 radical (unpaired) electrons. The first-order valence-corrected chi connectivity index (χ1v) is 4.41. The van der Waals surface area contributed by atoms with E-state index in [-0.39, 0.29) is 27.5 Å². The molecule has 0 bridgehead atoms. The Hall–Kier alpha value is -0.116. The van der Waals surface area contributed by atoms with Crippen molar-refractivity contribution < 1.29 is 40.6 Å². The molecule has 12 heavy (non-hydrogen) atoms. The molecule has 0 heterocycles. The van der Waals surface area contributed by atoms with Gasteiger partial charge in [-0.1, -0.05) is 18.2 Å². The Balaban J connectivity index is 0.00000121. The average molecular weight is 222 g/mol. The number of hydrogen-bond acceptors (Lipinski definition) is 2. The van der Waals surface area contributed by atoms with Crippen LogP contribution in [-0.2, 0) is 26.3 Å². The second kappa shape index (κ2) is 4.80. The van der Waals surface area contributed by atoms with E-state index < -0.39 is 7.82 Å². The molecule has 6 heteroatoms. The van der Waals surface area contributed by atoms with E-state index >= 15 is 0 Å². The molecule has 0 saturated carbocycles. The quantitative estimate of drug-likeness (QED) is 0.581. The van der Waals surface area contributed by atoms with E-state index in [1.54, 1.807) is 18.2 Å². The normalized spacial score (nSPS) is 10.2. The molecule has 0 aliphatic carbocycles. The zero-order valence-electron chi connectivity index (χ0n) is 6.04. The fourth-order valence-electron chi connectivity index (χ4n) is 0.619. The monoisotopic (exact) mass is 222 g/mol. The first-order valence-electron chi connectivity index (χ1n) is 2.88. The Morgan fingerprint density at radius 3 is 2.08 bits per heavy atom. The molecule has 0 aromatic heterocycles. The van der Waals surface area contributed by atoms with Crippen LogP contribution in [0, 0.1) is 0 Å². The molecule has 0 atom stereocenters. The summed E-state index contributed by atoms with van der Waals surface area (Å²) < 4.78 is 14.5. The molecule has 1 aromatic rings. The van der Waals surface area contributed by atoms with Crippen molar-refractivity contribution in [2.75, 3.05) is 0 Å². The van der Waals surface area contributed by atoms with Crippen molar-refractivity contribution in [1.29, 1.82) is 0 Å². The second-order valence-electron chi connectivity index (χ2n) is 1.89. The average Bonchev–Trinajstić information content (AvgIpc) is 1.85. The number of rotatable bonds is 2. The number of phosphoric acid groups is 1. The van der Waals surface area contributed by atoms with E-state index in [4.69, 9.17) is 9.79 Å².